The molecule has 5 nitrogen and oxygen atoms in total. The molecule has 1 aliphatic rings. The fourth-order valence-electron chi connectivity index (χ4n) is 3.45. The zero-order valence-electron chi connectivity index (χ0n) is 13.1. The molecular weight excluding hydrogens is 264 g/mol. The highest BCUT2D eigenvalue weighted by molar-refractivity contribution is 5.77. The monoisotopic (exact) mass is 288 g/mol. The number of rotatable bonds is 3. The van der Waals surface area contributed by atoms with Gasteiger partial charge in [0.2, 0.25) is 5.95 Å². The van der Waals surface area contributed by atoms with Gasteiger partial charge >= 0.3 is 0 Å². The van der Waals surface area contributed by atoms with Gasteiger partial charge in [0.15, 0.2) is 5.65 Å². The predicted octanol–water partition coefficient (Wildman–Crippen LogP) is 3.23. The fraction of sp³-hybridized carbons (Fsp3) is 0.625. The number of imidazole rings is 1. The Morgan fingerprint density at radius 2 is 2.19 bits per heavy atom. The highest BCUT2D eigenvalue weighted by Crippen LogP contribution is 2.39. The Bertz CT molecular complexity index is 645. The molecule has 3 heterocycles. The van der Waals surface area contributed by atoms with Gasteiger partial charge in [-0.05, 0) is 44.2 Å². The van der Waals surface area contributed by atoms with Crippen LogP contribution in [0.3, 0.4) is 0 Å². The first-order valence-electron chi connectivity index (χ1n) is 7.83. The van der Waals surface area contributed by atoms with Crippen LogP contribution in [0.15, 0.2) is 12.3 Å². The highest BCUT2D eigenvalue weighted by Gasteiger charge is 2.36. The van der Waals surface area contributed by atoms with Crippen molar-refractivity contribution in [3.8, 4) is 0 Å². The Balaban J connectivity index is 2.04. The van der Waals surface area contributed by atoms with Crippen molar-refractivity contribution in [2.75, 3.05) is 12.3 Å². The van der Waals surface area contributed by atoms with Crippen molar-refractivity contribution in [1.29, 1.82) is 0 Å². The van der Waals surface area contributed by atoms with Crippen LogP contribution in [0.1, 0.15) is 51.1 Å². The van der Waals surface area contributed by atoms with Crippen LogP contribution in [0.4, 0.5) is 5.95 Å². The van der Waals surface area contributed by atoms with E-state index >= 15 is 0 Å². The van der Waals surface area contributed by atoms with Gasteiger partial charge in [0, 0.05) is 18.8 Å². The quantitative estimate of drug-likeness (QED) is 0.941. The lowest BCUT2D eigenvalue weighted by Crippen LogP contribution is -2.39. The predicted molar refractivity (Wildman–Crippen MR) is 84.2 cm³/mol. The summed E-state index contributed by atoms with van der Waals surface area (Å²) in [4.78, 5) is 9.04. The molecule has 114 valence electrons. The minimum Gasteiger partial charge on any atom is -0.375 e. The van der Waals surface area contributed by atoms with Crippen LogP contribution in [-0.4, -0.2) is 26.7 Å². The van der Waals surface area contributed by atoms with Gasteiger partial charge in [0.05, 0.1) is 5.60 Å². The number of hydrogen-bond donors (Lipinski definition) is 1. The number of aromatic nitrogens is 3. The van der Waals surface area contributed by atoms with Crippen molar-refractivity contribution < 1.29 is 4.74 Å². The van der Waals surface area contributed by atoms with Gasteiger partial charge < -0.3 is 10.5 Å². The molecule has 0 spiro atoms. The van der Waals surface area contributed by atoms with E-state index in [-0.39, 0.29) is 5.60 Å². The molecule has 1 aliphatic heterocycles. The summed E-state index contributed by atoms with van der Waals surface area (Å²) in [5.41, 5.74) is 9.10. The Labute approximate surface area is 125 Å². The summed E-state index contributed by atoms with van der Waals surface area (Å²) in [7, 11) is 0. The average Bonchev–Trinajstić information content (AvgIpc) is 2.85. The van der Waals surface area contributed by atoms with Crippen LogP contribution in [0.2, 0.25) is 0 Å². The van der Waals surface area contributed by atoms with Crippen molar-refractivity contribution in [3.05, 3.63) is 17.8 Å². The van der Waals surface area contributed by atoms with Crippen LogP contribution in [-0.2, 0) is 4.74 Å². The topological polar surface area (TPSA) is 66.0 Å². The van der Waals surface area contributed by atoms with Gasteiger partial charge in [-0.3, -0.25) is 4.57 Å². The lowest BCUT2D eigenvalue weighted by molar-refractivity contribution is -0.0980. The van der Waals surface area contributed by atoms with Crippen LogP contribution >= 0.6 is 0 Å². The van der Waals surface area contributed by atoms with Crippen molar-refractivity contribution in [3.63, 3.8) is 0 Å². The molecule has 1 fully saturated rings. The number of pyridine rings is 1. The van der Waals surface area contributed by atoms with E-state index in [0.717, 1.165) is 49.0 Å². The van der Waals surface area contributed by atoms with Gasteiger partial charge in [-0.2, -0.15) is 0 Å². The number of nitrogens with zero attached hydrogens (tertiary/aromatic N) is 3. The smallest absolute Gasteiger partial charge is 0.202 e. The number of nitrogen functional groups attached to an aromatic ring is 1. The first kappa shape index (κ1) is 14.3. The zero-order valence-corrected chi connectivity index (χ0v) is 13.1. The first-order valence-corrected chi connectivity index (χ1v) is 7.83. The number of anilines is 1. The van der Waals surface area contributed by atoms with E-state index in [2.05, 4.69) is 28.4 Å². The molecule has 0 aliphatic carbocycles. The molecule has 0 saturated carbocycles. The lowest BCUT2D eigenvalue weighted by Gasteiger charge is -2.40. The van der Waals surface area contributed by atoms with Crippen LogP contribution in [0.25, 0.3) is 11.2 Å². The Hall–Kier alpha value is -1.62. The SMILES string of the molecule is CCC1(CC)CC(n2c(N)nc3c(C)ccnc32)CCO1. The van der Waals surface area contributed by atoms with E-state index in [9.17, 15) is 0 Å². The van der Waals surface area contributed by atoms with Gasteiger partial charge in [-0.25, -0.2) is 9.97 Å². The molecule has 2 aromatic rings. The molecule has 21 heavy (non-hydrogen) atoms. The minimum atomic E-state index is -0.0320. The maximum absolute atomic E-state index is 6.20. The average molecular weight is 288 g/mol. The zero-order chi connectivity index (χ0) is 15.0. The molecular formula is C16H24N4O. The van der Waals surface area contributed by atoms with Gasteiger partial charge in [0.1, 0.15) is 5.52 Å². The summed E-state index contributed by atoms with van der Waals surface area (Å²) in [6.45, 7) is 7.22. The molecule has 2 N–H and O–H groups in total. The largest absolute Gasteiger partial charge is 0.375 e. The molecule has 0 radical (unpaired) electrons. The fourth-order valence-corrected chi connectivity index (χ4v) is 3.45. The molecule has 1 atom stereocenters. The third-order valence-electron chi connectivity index (χ3n) is 4.93. The normalized spacial score (nSPS) is 21.8. The van der Waals surface area contributed by atoms with Crippen molar-refractivity contribution in [2.45, 2.75) is 58.1 Å². The van der Waals surface area contributed by atoms with E-state index < -0.39 is 0 Å². The van der Waals surface area contributed by atoms with Gasteiger partial charge in [-0.15, -0.1) is 0 Å². The second kappa shape index (κ2) is 5.30. The molecule has 0 amide bonds. The molecule has 5 heteroatoms. The summed E-state index contributed by atoms with van der Waals surface area (Å²) in [5, 5.41) is 0. The van der Waals surface area contributed by atoms with Crippen LogP contribution in [0.5, 0.6) is 0 Å². The summed E-state index contributed by atoms with van der Waals surface area (Å²) in [6.07, 6.45) is 5.83. The molecule has 0 aromatic carbocycles. The number of hydrogen-bond acceptors (Lipinski definition) is 4. The van der Waals surface area contributed by atoms with E-state index in [0.29, 0.717) is 12.0 Å². The number of fused-ring (bicyclic) bond motifs is 1. The van der Waals surface area contributed by atoms with E-state index in [1.165, 1.54) is 0 Å². The maximum Gasteiger partial charge on any atom is 0.202 e. The number of nitrogens with two attached hydrogens (primary N) is 1. The third-order valence-corrected chi connectivity index (χ3v) is 4.93. The van der Waals surface area contributed by atoms with Gasteiger partial charge in [-0.1, -0.05) is 13.8 Å². The third kappa shape index (κ3) is 2.29. The molecule has 1 saturated heterocycles. The number of ether oxygens (including phenoxy) is 1. The molecule has 0 bridgehead atoms. The van der Waals surface area contributed by atoms with Crippen molar-refractivity contribution in [1.82, 2.24) is 14.5 Å². The molecule has 3 rings (SSSR count). The van der Waals surface area contributed by atoms with Crippen molar-refractivity contribution >= 4 is 17.1 Å². The van der Waals surface area contributed by atoms with E-state index in [4.69, 9.17) is 10.5 Å². The minimum absolute atomic E-state index is 0.0320. The number of aryl methyl sites for hydroxylation is 1. The van der Waals surface area contributed by atoms with Crippen LogP contribution < -0.4 is 5.73 Å². The highest BCUT2D eigenvalue weighted by atomic mass is 16.5. The summed E-state index contributed by atoms with van der Waals surface area (Å²) < 4.78 is 8.19. The second-order valence-corrected chi connectivity index (χ2v) is 6.03. The summed E-state index contributed by atoms with van der Waals surface area (Å²) >= 11 is 0. The van der Waals surface area contributed by atoms with Gasteiger partial charge in [0.25, 0.3) is 0 Å². The standard InChI is InChI=1S/C16H24N4O/c1-4-16(5-2)10-12(7-9-21-16)20-14-13(19-15(20)17)11(3)6-8-18-14/h6,8,12H,4-5,7,9-10H2,1-3H3,(H2,17,19). The Morgan fingerprint density at radius 1 is 1.43 bits per heavy atom. The van der Waals surface area contributed by atoms with Crippen molar-refractivity contribution in [2.24, 2.45) is 0 Å². The summed E-state index contributed by atoms with van der Waals surface area (Å²) in [5.74, 6) is 0.569. The lowest BCUT2D eigenvalue weighted by atomic mass is 9.86. The maximum atomic E-state index is 6.20. The first-order chi connectivity index (χ1) is 10.1. The Morgan fingerprint density at radius 3 is 2.90 bits per heavy atom. The molecule has 1 unspecified atom stereocenters. The van der Waals surface area contributed by atoms with Crippen LogP contribution in [0, 0.1) is 6.92 Å². The summed E-state index contributed by atoms with van der Waals surface area (Å²) in [6, 6.07) is 2.30. The second-order valence-electron chi connectivity index (χ2n) is 6.03. The molecule has 2 aromatic heterocycles. The van der Waals surface area contributed by atoms with E-state index in [1.807, 2.05) is 19.2 Å². The van der Waals surface area contributed by atoms with E-state index in [1.54, 1.807) is 0 Å². The Kier molecular flexibility index (Phi) is 3.61.